The van der Waals surface area contributed by atoms with Gasteiger partial charge in [0.1, 0.15) is 11.6 Å². The third-order valence-corrected chi connectivity index (χ3v) is 1.60. The summed E-state index contributed by atoms with van der Waals surface area (Å²) in [6.45, 7) is 0.496. The maximum Gasteiger partial charge on any atom is 0.231 e. The first-order valence-corrected chi connectivity index (χ1v) is 4.30. The van der Waals surface area contributed by atoms with E-state index in [1.54, 1.807) is 18.3 Å². The number of nitriles is 1. The highest BCUT2D eigenvalue weighted by molar-refractivity contribution is 5.36. The van der Waals surface area contributed by atoms with Crippen molar-refractivity contribution < 1.29 is 4.74 Å². The summed E-state index contributed by atoms with van der Waals surface area (Å²) in [6.07, 6.45) is 8.14. The van der Waals surface area contributed by atoms with Crippen molar-refractivity contribution in [1.29, 1.82) is 5.26 Å². The second-order valence-electron chi connectivity index (χ2n) is 2.62. The van der Waals surface area contributed by atoms with E-state index >= 15 is 0 Å². The molecule has 3 heteroatoms. The van der Waals surface area contributed by atoms with E-state index in [9.17, 15) is 0 Å². The standard InChI is InChI=1S/C11H10N2O/c1-2-3-4-8-14-11-10(9-12)6-5-7-13-11/h1,5-7H,3-4,8H2. The van der Waals surface area contributed by atoms with Gasteiger partial charge in [-0.15, -0.1) is 12.3 Å². The third kappa shape index (κ3) is 2.80. The van der Waals surface area contributed by atoms with Crippen LogP contribution in [0.15, 0.2) is 18.3 Å². The number of hydrogen-bond donors (Lipinski definition) is 0. The summed E-state index contributed by atoms with van der Waals surface area (Å²) in [4.78, 5) is 3.95. The number of terminal acetylenes is 1. The summed E-state index contributed by atoms with van der Waals surface area (Å²) in [5, 5.41) is 8.72. The number of nitrogens with zero attached hydrogens (tertiary/aromatic N) is 2. The number of hydrogen-bond acceptors (Lipinski definition) is 3. The molecule has 0 aliphatic rings. The largest absolute Gasteiger partial charge is 0.477 e. The zero-order valence-electron chi connectivity index (χ0n) is 7.73. The Morgan fingerprint density at radius 1 is 1.57 bits per heavy atom. The average Bonchev–Trinajstić information content (AvgIpc) is 2.25. The summed E-state index contributed by atoms with van der Waals surface area (Å²) in [6, 6.07) is 5.38. The Balaban J connectivity index is 2.51. The lowest BCUT2D eigenvalue weighted by Gasteiger charge is -2.04. The summed E-state index contributed by atoms with van der Waals surface area (Å²) < 4.78 is 5.30. The SMILES string of the molecule is C#CCCCOc1ncccc1C#N. The van der Waals surface area contributed by atoms with Gasteiger partial charge in [0.25, 0.3) is 0 Å². The average molecular weight is 186 g/mol. The van der Waals surface area contributed by atoms with Gasteiger partial charge in [0.2, 0.25) is 5.88 Å². The third-order valence-electron chi connectivity index (χ3n) is 1.60. The second kappa shape index (κ2) is 5.61. The van der Waals surface area contributed by atoms with Crippen LogP contribution in [-0.2, 0) is 0 Å². The van der Waals surface area contributed by atoms with Crippen LogP contribution >= 0.6 is 0 Å². The monoisotopic (exact) mass is 186 g/mol. The van der Waals surface area contributed by atoms with Crippen LogP contribution in [0.4, 0.5) is 0 Å². The predicted octanol–water partition coefficient (Wildman–Crippen LogP) is 1.75. The van der Waals surface area contributed by atoms with Crippen LogP contribution in [0.25, 0.3) is 0 Å². The Morgan fingerprint density at radius 3 is 3.14 bits per heavy atom. The van der Waals surface area contributed by atoms with Crippen molar-refractivity contribution in [3.63, 3.8) is 0 Å². The maximum absolute atomic E-state index is 8.72. The molecule has 0 aliphatic heterocycles. The highest BCUT2D eigenvalue weighted by Gasteiger charge is 2.01. The molecule has 0 aromatic carbocycles. The lowest BCUT2D eigenvalue weighted by Crippen LogP contribution is -2.00. The number of aromatic nitrogens is 1. The first kappa shape index (κ1) is 10.1. The van der Waals surface area contributed by atoms with Crippen molar-refractivity contribution in [3.05, 3.63) is 23.9 Å². The number of ether oxygens (including phenoxy) is 1. The normalized spacial score (nSPS) is 8.71. The van der Waals surface area contributed by atoms with E-state index in [0.29, 0.717) is 24.5 Å². The van der Waals surface area contributed by atoms with E-state index in [4.69, 9.17) is 16.4 Å². The highest BCUT2D eigenvalue weighted by Crippen LogP contribution is 2.12. The van der Waals surface area contributed by atoms with Crippen molar-refractivity contribution in [2.75, 3.05) is 6.61 Å². The molecule has 3 nitrogen and oxygen atoms in total. The van der Waals surface area contributed by atoms with Gasteiger partial charge in [0.05, 0.1) is 6.61 Å². The molecule has 1 aromatic rings. The molecule has 1 heterocycles. The minimum atomic E-state index is 0.382. The molecular formula is C11H10N2O. The van der Waals surface area contributed by atoms with E-state index in [1.165, 1.54) is 0 Å². The van der Waals surface area contributed by atoms with E-state index in [-0.39, 0.29) is 0 Å². The molecule has 14 heavy (non-hydrogen) atoms. The molecule has 1 aromatic heterocycles. The predicted molar refractivity (Wildman–Crippen MR) is 52.5 cm³/mol. The summed E-state index contributed by atoms with van der Waals surface area (Å²) >= 11 is 0. The van der Waals surface area contributed by atoms with Gasteiger partial charge in [-0.3, -0.25) is 0 Å². The van der Waals surface area contributed by atoms with Crippen molar-refractivity contribution in [1.82, 2.24) is 4.98 Å². The van der Waals surface area contributed by atoms with Gasteiger partial charge in [0.15, 0.2) is 0 Å². The molecule has 0 spiro atoms. The maximum atomic E-state index is 8.72. The zero-order chi connectivity index (χ0) is 10.2. The molecule has 0 saturated heterocycles. The van der Waals surface area contributed by atoms with Crippen LogP contribution in [0.3, 0.4) is 0 Å². The van der Waals surface area contributed by atoms with E-state index in [1.807, 2.05) is 6.07 Å². The van der Waals surface area contributed by atoms with Crippen molar-refractivity contribution in [3.8, 4) is 24.3 Å². The Hall–Kier alpha value is -2.00. The minimum Gasteiger partial charge on any atom is -0.477 e. The van der Waals surface area contributed by atoms with Crippen LogP contribution < -0.4 is 4.74 Å². The van der Waals surface area contributed by atoms with Crippen LogP contribution in [0.1, 0.15) is 18.4 Å². The summed E-state index contributed by atoms with van der Waals surface area (Å²) in [5.74, 6) is 2.90. The fourth-order valence-corrected chi connectivity index (χ4v) is 0.934. The number of pyridine rings is 1. The van der Waals surface area contributed by atoms with Gasteiger partial charge in [-0.2, -0.15) is 5.26 Å². The molecule has 0 saturated carbocycles. The van der Waals surface area contributed by atoms with Crippen molar-refractivity contribution >= 4 is 0 Å². The van der Waals surface area contributed by atoms with Gasteiger partial charge in [-0.05, 0) is 18.6 Å². The molecule has 0 unspecified atom stereocenters. The first-order valence-electron chi connectivity index (χ1n) is 4.30. The number of rotatable bonds is 4. The Kier molecular flexibility index (Phi) is 4.04. The molecular weight excluding hydrogens is 176 g/mol. The molecule has 0 atom stereocenters. The van der Waals surface area contributed by atoms with Crippen LogP contribution in [0, 0.1) is 23.7 Å². The van der Waals surface area contributed by atoms with Crippen LogP contribution in [0.5, 0.6) is 5.88 Å². The lowest BCUT2D eigenvalue weighted by molar-refractivity contribution is 0.300. The van der Waals surface area contributed by atoms with Gasteiger partial charge in [0, 0.05) is 12.6 Å². The Labute approximate surface area is 83.3 Å². The molecule has 0 N–H and O–H groups in total. The molecule has 70 valence electrons. The van der Waals surface area contributed by atoms with Gasteiger partial charge >= 0.3 is 0 Å². The minimum absolute atomic E-state index is 0.382. The van der Waals surface area contributed by atoms with Gasteiger partial charge < -0.3 is 4.74 Å². The molecule has 1 rings (SSSR count). The van der Waals surface area contributed by atoms with E-state index in [0.717, 1.165) is 6.42 Å². The smallest absolute Gasteiger partial charge is 0.231 e. The molecule has 0 bridgehead atoms. The summed E-state index contributed by atoms with van der Waals surface area (Å²) in [7, 11) is 0. The molecule has 0 fully saturated rings. The lowest BCUT2D eigenvalue weighted by atomic mass is 10.3. The first-order chi connectivity index (χ1) is 6.88. The zero-order valence-corrected chi connectivity index (χ0v) is 7.73. The fraction of sp³-hybridized carbons (Fsp3) is 0.273. The topological polar surface area (TPSA) is 45.9 Å². The highest BCUT2D eigenvalue weighted by atomic mass is 16.5. The van der Waals surface area contributed by atoms with Crippen molar-refractivity contribution in [2.45, 2.75) is 12.8 Å². The van der Waals surface area contributed by atoms with Crippen molar-refractivity contribution in [2.24, 2.45) is 0 Å². The van der Waals surface area contributed by atoms with Gasteiger partial charge in [-0.25, -0.2) is 4.98 Å². The molecule has 0 aliphatic carbocycles. The van der Waals surface area contributed by atoms with Crippen LogP contribution in [0.2, 0.25) is 0 Å². The Morgan fingerprint density at radius 2 is 2.43 bits per heavy atom. The fourth-order valence-electron chi connectivity index (χ4n) is 0.934. The quantitative estimate of drug-likeness (QED) is 0.531. The van der Waals surface area contributed by atoms with E-state index in [2.05, 4.69) is 10.9 Å². The molecule has 0 amide bonds. The Bertz CT molecular complexity index is 374. The summed E-state index contributed by atoms with van der Waals surface area (Å²) in [5.41, 5.74) is 0.452. The molecule has 0 radical (unpaired) electrons. The number of unbranched alkanes of at least 4 members (excludes halogenated alkanes) is 1. The second-order valence-corrected chi connectivity index (χ2v) is 2.62. The van der Waals surface area contributed by atoms with E-state index < -0.39 is 0 Å². The van der Waals surface area contributed by atoms with Crippen LogP contribution in [-0.4, -0.2) is 11.6 Å². The van der Waals surface area contributed by atoms with Gasteiger partial charge in [-0.1, -0.05) is 0 Å².